The molecular formula is C25H27F2N3O5S. The highest BCUT2D eigenvalue weighted by atomic mass is 32.1. The second kappa shape index (κ2) is 11.6. The Morgan fingerprint density at radius 3 is 2.44 bits per heavy atom. The first-order valence-electron chi connectivity index (χ1n) is 11.3. The van der Waals surface area contributed by atoms with Gasteiger partial charge in [-0.2, -0.15) is 0 Å². The number of halogens is 2. The summed E-state index contributed by atoms with van der Waals surface area (Å²) >= 11 is 1.07. The maximum Gasteiger partial charge on any atom is 0.252 e. The van der Waals surface area contributed by atoms with Crippen LogP contribution in [0.25, 0.3) is 16.3 Å². The van der Waals surface area contributed by atoms with Gasteiger partial charge in [-0.15, -0.1) is 0 Å². The summed E-state index contributed by atoms with van der Waals surface area (Å²) in [5.74, 6) is -0.449. The number of carbonyl (C=O) groups excluding carboxylic acids is 1. The number of morpholine rings is 1. The van der Waals surface area contributed by atoms with Crippen molar-refractivity contribution in [2.45, 2.75) is 0 Å². The first kappa shape index (κ1) is 25.8. The number of carbonyl (C=O) groups is 1. The van der Waals surface area contributed by atoms with Crippen LogP contribution in [0.15, 0.2) is 30.3 Å². The third-order valence-corrected chi connectivity index (χ3v) is 6.77. The van der Waals surface area contributed by atoms with Crippen molar-refractivity contribution in [2.75, 3.05) is 65.6 Å². The Kier molecular flexibility index (Phi) is 8.34. The average Bonchev–Trinajstić information content (AvgIpc) is 3.31. The van der Waals surface area contributed by atoms with E-state index in [0.29, 0.717) is 58.9 Å². The highest BCUT2D eigenvalue weighted by Crippen LogP contribution is 2.38. The van der Waals surface area contributed by atoms with Gasteiger partial charge in [0.15, 0.2) is 22.4 Å². The van der Waals surface area contributed by atoms with E-state index < -0.39 is 11.6 Å². The molecule has 8 nitrogen and oxygen atoms in total. The van der Waals surface area contributed by atoms with E-state index in [-0.39, 0.29) is 11.4 Å². The van der Waals surface area contributed by atoms with Crippen molar-refractivity contribution in [3.05, 3.63) is 47.5 Å². The van der Waals surface area contributed by atoms with Crippen LogP contribution in [0.4, 0.5) is 13.9 Å². The molecule has 0 unspecified atom stereocenters. The van der Waals surface area contributed by atoms with Gasteiger partial charge in [0, 0.05) is 38.3 Å². The van der Waals surface area contributed by atoms with Crippen LogP contribution in [-0.4, -0.2) is 76.5 Å². The molecule has 1 fully saturated rings. The molecule has 1 aliphatic rings. The number of hydrogen-bond acceptors (Lipinski definition) is 8. The van der Waals surface area contributed by atoms with Gasteiger partial charge in [0.1, 0.15) is 11.3 Å². The van der Waals surface area contributed by atoms with E-state index in [1.165, 1.54) is 38.4 Å². The number of anilines is 1. The molecule has 11 heteroatoms. The Labute approximate surface area is 211 Å². The maximum absolute atomic E-state index is 14.3. The smallest absolute Gasteiger partial charge is 0.252 e. The molecular weight excluding hydrogens is 492 g/mol. The topological polar surface area (TPSA) is 73.4 Å². The predicted molar refractivity (Wildman–Crippen MR) is 134 cm³/mol. The summed E-state index contributed by atoms with van der Waals surface area (Å²) in [6, 6.07) is 5.45. The molecule has 1 aliphatic heterocycles. The van der Waals surface area contributed by atoms with Gasteiger partial charge in [0.25, 0.3) is 5.91 Å². The first-order chi connectivity index (χ1) is 17.4. The molecule has 192 valence electrons. The molecule has 2 aromatic carbocycles. The molecule has 0 aliphatic carbocycles. The number of rotatable bonds is 9. The number of thiazole rings is 1. The minimum Gasteiger partial charge on any atom is -0.493 e. The normalized spacial score (nSPS) is 14.4. The summed E-state index contributed by atoms with van der Waals surface area (Å²) in [6.07, 6.45) is 3.03. The third-order valence-electron chi connectivity index (χ3n) is 5.75. The molecule has 4 rings (SSSR count). The molecule has 1 aromatic heterocycles. The largest absolute Gasteiger partial charge is 0.493 e. The zero-order valence-electron chi connectivity index (χ0n) is 20.3. The molecule has 0 bridgehead atoms. The van der Waals surface area contributed by atoms with Gasteiger partial charge in [-0.25, -0.2) is 13.8 Å². The zero-order chi connectivity index (χ0) is 25.7. The summed E-state index contributed by atoms with van der Waals surface area (Å²) in [6.45, 7) is 3.66. The molecule has 0 atom stereocenters. The summed E-state index contributed by atoms with van der Waals surface area (Å²) in [7, 11) is 4.54. The Morgan fingerprint density at radius 1 is 1.11 bits per heavy atom. The maximum atomic E-state index is 14.3. The molecule has 2 heterocycles. The summed E-state index contributed by atoms with van der Waals surface area (Å²) in [5, 5.41) is 0.294. The molecule has 3 aromatic rings. The van der Waals surface area contributed by atoms with Crippen LogP contribution < -0.4 is 19.1 Å². The number of methoxy groups -OCH3 is 3. The SMILES string of the molecule is COc1cc(/C=C/C(=O)N(CCN2CCOCC2)c2nc3c(F)cc(F)cc3s2)cc(OC)c1OC. The van der Waals surface area contributed by atoms with Gasteiger partial charge in [-0.3, -0.25) is 14.6 Å². The quantitative estimate of drug-likeness (QED) is 0.396. The number of ether oxygens (including phenoxy) is 4. The lowest BCUT2D eigenvalue weighted by atomic mass is 10.1. The van der Waals surface area contributed by atoms with Crippen LogP contribution in [0.3, 0.4) is 0 Å². The van der Waals surface area contributed by atoms with E-state index in [9.17, 15) is 13.6 Å². The number of fused-ring (bicyclic) bond motifs is 1. The van der Waals surface area contributed by atoms with Crippen LogP contribution in [0.5, 0.6) is 17.2 Å². The van der Waals surface area contributed by atoms with Crippen molar-refractivity contribution in [1.29, 1.82) is 0 Å². The molecule has 1 amide bonds. The molecule has 0 radical (unpaired) electrons. The van der Waals surface area contributed by atoms with Gasteiger partial charge < -0.3 is 18.9 Å². The fourth-order valence-corrected chi connectivity index (χ4v) is 4.92. The molecule has 0 spiro atoms. The summed E-state index contributed by atoms with van der Waals surface area (Å²) < 4.78 is 49.9. The van der Waals surface area contributed by atoms with Gasteiger partial charge in [0.2, 0.25) is 5.75 Å². The molecule has 1 saturated heterocycles. The minimum absolute atomic E-state index is 0.0363. The second-order valence-corrected chi connectivity index (χ2v) is 8.98. The van der Waals surface area contributed by atoms with Crippen molar-refractivity contribution in [3.8, 4) is 17.2 Å². The lowest BCUT2D eigenvalue weighted by Crippen LogP contribution is -2.42. The number of benzene rings is 2. The van der Waals surface area contributed by atoms with Gasteiger partial charge >= 0.3 is 0 Å². The van der Waals surface area contributed by atoms with Crippen LogP contribution >= 0.6 is 11.3 Å². The molecule has 36 heavy (non-hydrogen) atoms. The summed E-state index contributed by atoms with van der Waals surface area (Å²) in [5.41, 5.74) is 0.692. The number of hydrogen-bond donors (Lipinski definition) is 0. The van der Waals surface area contributed by atoms with Crippen LogP contribution in [0.1, 0.15) is 5.56 Å². The Morgan fingerprint density at radius 2 is 1.81 bits per heavy atom. The number of aromatic nitrogens is 1. The van der Waals surface area contributed by atoms with Gasteiger partial charge in [-0.05, 0) is 29.8 Å². The standard InChI is InChI=1S/C25H27F2N3O5S/c1-32-19-12-16(13-20(33-2)24(19)34-3)4-5-22(31)30(7-6-29-8-10-35-11-9-29)25-28-23-18(27)14-17(26)15-21(23)36-25/h4-5,12-15H,6-11H2,1-3H3/b5-4+. The fraction of sp³-hybridized carbons (Fsp3) is 0.360. The lowest BCUT2D eigenvalue weighted by molar-refractivity contribution is -0.114. The number of amides is 1. The van der Waals surface area contributed by atoms with Crippen molar-refractivity contribution < 1.29 is 32.5 Å². The van der Waals surface area contributed by atoms with Gasteiger partial charge in [-0.1, -0.05) is 11.3 Å². The van der Waals surface area contributed by atoms with Crippen LogP contribution in [0.2, 0.25) is 0 Å². The second-order valence-electron chi connectivity index (χ2n) is 7.97. The van der Waals surface area contributed by atoms with Crippen molar-refractivity contribution in [1.82, 2.24) is 9.88 Å². The van der Waals surface area contributed by atoms with Gasteiger partial charge in [0.05, 0.1) is 39.2 Å². The highest BCUT2D eigenvalue weighted by Gasteiger charge is 2.22. The third kappa shape index (κ3) is 5.75. The van der Waals surface area contributed by atoms with E-state index >= 15 is 0 Å². The predicted octanol–water partition coefficient (Wildman–Crippen LogP) is 3.98. The molecule has 0 N–H and O–H groups in total. The van der Waals surface area contributed by atoms with E-state index in [4.69, 9.17) is 18.9 Å². The lowest BCUT2D eigenvalue weighted by Gasteiger charge is -2.28. The van der Waals surface area contributed by atoms with Crippen molar-refractivity contribution in [2.24, 2.45) is 0 Å². The van der Waals surface area contributed by atoms with E-state index in [0.717, 1.165) is 30.5 Å². The Balaban J connectivity index is 1.63. The monoisotopic (exact) mass is 519 g/mol. The first-order valence-corrected chi connectivity index (χ1v) is 12.1. The van der Waals surface area contributed by atoms with Crippen molar-refractivity contribution >= 4 is 38.7 Å². The highest BCUT2D eigenvalue weighted by molar-refractivity contribution is 7.22. The van der Waals surface area contributed by atoms with Crippen LogP contribution in [0, 0.1) is 11.6 Å². The summed E-state index contributed by atoms with van der Waals surface area (Å²) in [4.78, 5) is 21.3. The average molecular weight is 520 g/mol. The van der Waals surface area contributed by atoms with Crippen molar-refractivity contribution in [3.63, 3.8) is 0 Å². The van der Waals surface area contributed by atoms with E-state index in [1.807, 2.05) is 0 Å². The fourth-order valence-electron chi connectivity index (χ4n) is 3.88. The Hall–Kier alpha value is -3.28. The van der Waals surface area contributed by atoms with E-state index in [1.54, 1.807) is 18.2 Å². The number of nitrogens with zero attached hydrogens (tertiary/aromatic N) is 3. The van der Waals surface area contributed by atoms with Crippen LogP contribution in [-0.2, 0) is 9.53 Å². The molecule has 0 saturated carbocycles. The minimum atomic E-state index is -0.763. The zero-order valence-corrected chi connectivity index (χ0v) is 21.1. The van der Waals surface area contributed by atoms with E-state index in [2.05, 4.69) is 9.88 Å². The Bertz CT molecular complexity index is 1230.